The minimum atomic E-state index is -0.270. The monoisotopic (exact) mass is 537 g/mol. The summed E-state index contributed by atoms with van der Waals surface area (Å²) in [6.07, 6.45) is 1.78. The molecule has 3 heterocycles. The Morgan fingerprint density at radius 2 is 1.89 bits per heavy atom. The van der Waals surface area contributed by atoms with Crippen LogP contribution in [0.4, 0.5) is 5.69 Å². The smallest absolute Gasteiger partial charge is 0.174 e. The largest absolute Gasteiger partial charge is 0.490 e. The zero-order chi connectivity index (χ0) is 24.9. The van der Waals surface area contributed by atoms with Crippen LogP contribution in [-0.2, 0) is 4.74 Å². The van der Waals surface area contributed by atoms with Gasteiger partial charge < -0.3 is 24.1 Å². The summed E-state index contributed by atoms with van der Waals surface area (Å²) >= 11 is 14.0. The summed E-state index contributed by atoms with van der Waals surface area (Å²) in [5, 5.41) is 5.29. The number of rotatable bonds is 9. The summed E-state index contributed by atoms with van der Waals surface area (Å²) in [6, 6.07) is 25.1. The number of aromatic nitrogens is 1. The molecule has 0 aliphatic carbocycles. The van der Waals surface area contributed by atoms with Gasteiger partial charge in [-0.05, 0) is 66.8 Å². The lowest BCUT2D eigenvalue weighted by molar-refractivity contribution is 0.146. The molecule has 0 spiro atoms. The third kappa shape index (κ3) is 5.37. The second-order valence-corrected chi connectivity index (χ2v) is 9.90. The SMILES string of the molecule is COCCOc1ccc(N2C(=S)N[C@H](c3ccccn3)[C@@H]2c2ccc(Sc3ccccc3)o2)cc1Cl. The van der Waals surface area contributed by atoms with Crippen molar-refractivity contribution >= 4 is 46.4 Å². The summed E-state index contributed by atoms with van der Waals surface area (Å²) in [6.45, 7) is 0.895. The van der Waals surface area contributed by atoms with Crippen LogP contribution in [0, 0.1) is 0 Å². The average molecular weight is 538 g/mol. The van der Waals surface area contributed by atoms with Crippen LogP contribution in [0.15, 0.2) is 99.5 Å². The maximum Gasteiger partial charge on any atom is 0.174 e. The molecule has 0 saturated carbocycles. The number of hydrogen-bond acceptors (Lipinski definition) is 6. The molecule has 0 radical (unpaired) electrons. The highest BCUT2D eigenvalue weighted by molar-refractivity contribution is 7.99. The summed E-state index contributed by atoms with van der Waals surface area (Å²) in [5.41, 5.74) is 1.69. The van der Waals surface area contributed by atoms with Crippen LogP contribution in [0.2, 0.25) is 5.02 Å². The van der Waals surface area contributed by atoms with Crippen LogP contribution in [-0.4, -0.2) is 30.4 Å². The van der Waals surface area contributed by atoms with E-state index in [-0.39, 0.29) is 12.1 Å². The van der Waals surface area contributed by atoms with Gasteiger partial charge in [-0.2, -0.15) is 0 Å². The van der Waals surface area contributed by atoms with E-state index in [1.807, 2.05) is 71.6 Å². The van der Waals surface area contributed by atoms with Crippen molar-refractivity contribution in [2.24, 2.45) is 0 Å². The number of anilines is 1. The highest BCUT2D eigenvalue weighted by Crippen LogP contribution is 2.44. The third-order valence-corrected chi connectivity index (χ3v) is 7.23. The van der Waals surface area contributed by atoms with Crippen LogP contribution in [0.3, 0.4) is 0 Å². The van der Waals surface area contributed by atoms with Gasteiger partial charge in [0, 0.05) is 23.9 Å². The second-order valence-electron chi connectivity index (χ2n) is 8.02. The quantitative estimate of drug-likeness (QED) is 0.187. The van der Waals surface area contributed by atoms with Gasteiger partial charge >= 0.3 is 0 Å². The maximum atomic E-state index is 6.58. The highest BCUT2D eigenvalue weighted by Gasteiger charge is 2.42. The maximum absolute atomic E-state index is 6.58. The molecule has 0 unspecified atom stereocenters. The Bertz CT molecular complexity index is 1320. The van der Waals surface area contributed by atoms with Crippen molar-refractivity contribution in [3.05, 3.63) is 102 Å². The molecule has 2 aromatic heterocycles. The van der Waals surface area contributed by atoms with E-state index in [0.717, 1.165) is 27.1 Å². The number of furan rings is 1. The van der Waals surface area contributed by atoms with E-state index in [2.05, 4.69) is 22.4 Å². The molecule has 9 heteroatoms. The van der Waals surface area contributed by atoms with Crippen LogP contribution in [0.25, 0.3) is 0 Å². The molecule has 1 aliphatic heterocycles. The number of pyridine rings is 1. The van der Waals surface area contributed by atoms with Gasteiger partial charge in [-0.1, -0.05) is 47.6 Å². The molecule has 36 heavy (non-hydrogen) atoms. The van der Waals surface area contributed by atoms with Gasteiger partial charge in [0.1, 0.15) is 24.2 Å². The molecule has 2 aromatic carbocycles. The Hall–Kier alpha value is -3.04. The second kappa shape index (κ2) is 11.3. The topological polar surface area (TPSA) is 59.8 Å². The predicted octanol–water partition coefficient (Wildman–Crippen LogP) is 6.68. The molecule has 0 amide bonds. The first-order valence-corrected chi connectivity index (χ1v) is 13.0. The summed E-state index contributed by atoms with van der Waals surface area (Å²) < 4.78 is 17.2. The molecule has 5 rings (SSSR count). The van der Waals surface area contributed by atoms with Gasteiger partial charge in [0.15, 0.2) is 10.2 Å². The normalized spacial score (nSPS) is 17.3. The highest BCUT2D eigenvalue weighted by atomic mass is 35.5. The van der Waals surface area contributed by atoms with E-state index in [9.17, 15) is 0 Å². The Labute approximate surface area is 224 Å². The Morgan fingerprint density at radius 3 is 2.64 bits per heavy atom. The van der Waals surface area contributed by atoms with E-state index in [4.69, 9.17) is 37.7 Å². The number of benzene rings is 2. The van der Waals surface area contributed by atoms with E-state index in [0.29, 0.717) is 29.1 Å². The van der Waals surface area contributed by atoms with E-state index in [1.54, 1.807) is 25.1 Å². The van der Waals surface area contributed by atoms with Crippen molar-refractivity contribution in [3.8, 4) is 5.75 Å². The number of halogens is 1. The Balaban J connectivity index is 1.49. The number of thiocarbonyl (C=S) groups is 1. The van der Waals surface area contributed by atoms with E-state index < -0.39 is 0 Å². The molecule has 1 saturated heterocycles. The van der Waals surface area contributed by atoms with Crippen LogP contribution in [0.5, 0.6) is 5.75 Å². The summed E-state index contributed by atoms with van der Waals surface area (Å²) in [7, 11) is 1.63. The number of nitrogens with zero attached hydrogens (tertiary/aromatic N) is 2. The van der Waals surface area contributed by atoms with Crippen molar-refractivity contribution < 1.29 is 13.9 Å². The molecular weight excluding hydrogens is 514 g/mol. The van der Waals surface area contributed by atoms with Gasteiger partial charge in [0.05, 0.1) is 23.4 Å². The average Bonchev–Trinajstić information content (AvgIpc) is 3.50. The Morgan fingerprint density at radius 1 is 1.06 bits per heavy atom. The first kappa shape index (κ1) is 24.6. The molecule has 4 aromatic rings. The minimum Gasteiger partial charge on any atom is -0.490 e. The molecule has 0 bridgehead atoms. The number of ether oxygens (including phenoxy) is 2. The number of methoxy groups -OCH3 is 1. The van der Waals surface area contributed by atoms with Gasteiger partial charge in [0.2, 0.25) is 0 Å². The van der Waals surface area contributed by atoms with Gasteiger partial charge in [0.25, 0.3) is 0 Å². The lowest BCUT2D eigenvalue weighted by Gasteiger charge is -2.26. The zero-order valence-corrected chi connectivity index (χ0v) is 21.9. The van der Waals surface area contributed by atoms with Crippen molar-refractivity contribution in [2.45, 2.75) is 22.1 Å². The fourth-order valence-corrected chi connectivity index (χ4v) is 5.44. The molecule has 1 fully saturated rings. The van der Waals surface area contributed by atoms with Crippen LogP contribution >= 0.6 is 35.6 Å². The lowest BCUT2D eigenvalue weighted by atomic mass is 10.0. The molecule has 184 valence electrons. The lowest BCUT2D eigenvalue weighted by Crippen LogP contribution is -2.29. The standard InChI is InChI=1S/C27H24ClN3O3S2/c1-32-15-16-33-22-11-10-18(17-20(22)28)31-26(25(30-27(31)35)21-9-5-6-14-29-21)23-12-13-24(34-23)36-19-7-3-2-4-8-19/h2-14,17,25-26H,15-16H2,1H3,(H,30,35)/t25-,26+/m1/s1. The summed E-state index contributed by atoms with van der Waals surface area (Å²) in [4.78, 5) is 7.72. The molecule has 1 N–H and O–H groups in total. The first-order valence-electron chi connectivity index (χ1n) is 11.4. The van der Waals surface area contributed by atoms with Crippen molar-refractivity contribution in [2.75, 3.05) is 25.2 Å². The Kier molecular flexibility index (Phi) is 7.77. The first-order chi connectivity index (χ1) is 17.6. The van der Waals surface area contributed by atoms with Gasteiger partial charge in [-0.15, -0.1) is 0 Å². The summed E-state index contributed by atoms with van der Waals surface area (Å²) in [5.74, 6) is 1.36. The zero-order valence-electron chi connectivity index (χ0n) is 19.5. The van der Waals surface area contributed by atoms with Gasteiger partial charge in [-0.25, -0.2) is 0 Å². The molecule has 6 nitrogen and oxygen atoms in total. The number of hydrogen-bond donors (Lipinski definition) is 1. The minimum absolute atomic E-state index is 0.212. The molecule has 1 aliphatic rings. The fraction of sp³-hybridized carbons (Fsp3) is 0.185. The number of nitrogens with one attached hydrogen (secondary N) is 1. The van der Waals surface area contributed by atoms with Crippen LogP contribution in [0.1, 0.15) is 23.5 Å². The van der Waals surface area contributed by atoms with Gasteiger partial charge in [-0.3, -0.25) is 4.98 Å². The fourth-order valence-electron chi connectivity index (χ4n) is 4.07. The predicted molar refractivity (Wildman–Crippen MR) is 146 cm³/mol. The van der Waals surface area contributed by atoms with Crippen molar-refractivity contribution in [3.63, 3.8) is 0 Å². The van der Waals surface area contributed by atoms with Crippen molar-refractivity contribution in [1.29, 1.82) is 0 Å². The van der Waals surface area contributed by atoms with Crippen molar-refractivity contribution in [1.82, 2.24) is 10.3 Å². The molecular formula is C27H24ClN3O3S2. The third-order valence-electron chi connectivity index (χ3n) is 5.69. The molecule has 2 atom stereocenters. The van der Waals surface area contributed by atoms with Crippen LogP contribution < -0.4 is 15.0 Å². The van der Waals surface area contributed by atoms with E-state index in [1.165, 1.54) is 0 Å². The van der Waals surface area contributed by atoms with E-state index >= 15 is 0 Å².